The molecule has 6 heteroatoms. The number of para-hydroxylation sites is 1. The number of pyridine rings is 1. The molecular weight excluding hydrogens is 362 g/mol. The summed E-state index contributed by atoms with van der Waals surface area (Å²) in [6, 6.07) is 15.4. The number of halogens is 1. The van der Waals surface area contributed by atoms with Crippen molar-refractivity contribution in [2.24, 2.45) is 0 Å². The Bertz CT molecular complexity index is 992. The smallest absolute Gasteiger partial charge is 0.260 e. The van der Waals surface area contributed by atoms with E-state index < -0.39 is 0 Å². The van der Waals surface area contributed by atoms with Crippen molar-refractivity contribution in [3.05, 3.63) is 65.3 Å². The monoisotopic (exact) mass is 381 g/mol. The lowest BCUT2D eigenvalue weighted by Crippen LogP contribution is -2.37. The van der Waals surface area contributed by atoms with Crippen LogP contribution in [0.3, 0.4) is 0 Å². The van der Waals surface area contributed by atoms with Crippen LogP contribution in [0.2, 0.25) is 5.02 Å². The first-order chi connectivity index (χ1) is 13.1. The highest BCUT2D eigenvalue weighted by Gasteiger charge is 2.21. The van der Waals surface area contributed by atoms with E-state index in [0.717, 1.165) is 17.5 Å². The molecule has 0 fully saturated rings. The van der Waals surface area contributed by atoms with E-state index >= 15 is 0 Å². The maximum absolute atomic E-state index is 12.8. The van der Waals surface area contributed by atoms with Gasteiger partial charge in [0, 0.05) is 44.0 Å². The van der Waals surface area contributed by atoms with Crippen LogP contribution in [0, 0.1) is 0 Å². The Hall–Kier alpha value is -2.79. The number of benzene rings is 2. The van der Waals surface area contributed by atoms with Gasteiger partial charge in [-0.15, -0.1) is 0 Å². The van der Waals surface area contributed by atoms with Gasteiger partial charge < -0.3 is 14.5 Å². The first-order valence-corrected chi connectivity index (χ1v) is 9.24. The lowest BCUT2D eigenvalue weighted by molar-refractivity contribution is -0.133. The summed E-state index contributed by atoms with van der Waals surface area (Å²) in [7, 11) is 2.05. The molecule has 1 aliphatic heterocycles. The third kappa shape index (κ3) is 3.55. The van der Waals surface area contributed by atoms with Crippen molar-refractivity contribution in [1.29, 1.82) is 0 Å². The molecule has 138 valence electrons. The summed E-state index contributed by atoms with van der Waals surface area (Å²) in [5.41, 5.74) is 2.98. The number of aromatic nitrogens is 1. The van der Waals surface area contributed by atoms with Crippen molar-refractivity contribution in [3.63, 3.8) is 0 Å². The number of fused-ring (bicyclic) bond motifs is 2. The van der Waals surface area contributed by atoms with Crippen molar-refractivity contribution in [2.75, 3.05) is 31.6 Å². The summed E-state index contributed by atoms with van der Waals surface area (Å²) in [6.45, 7) is 2.00. The third-order valence-electron chi connectivity index (χ3n) is 4.85. The number of carbonyl (C=O) groups excluding carboxylic acids is 1. The predicted octanol–water partition coefficient (Wildman–Crippen LogP) is 3.75. The number of likely N-dealkylation sites (N-methyl/N-ethyl adjacent to an activating group) is 1. The number of carbonyl (C=O) groups is 1. The van der Waals surface area contributed by atoms with E-state index in [9.17, 15) is 4.79 Å². The molecular formula is C21H20ClN3O2. The summed E-state index contributed by atoms with van der Waals surface area (Å²) in [5, 5.41) is 1.43. The molecule has 27 heavy (non-hydrogen) atoms. The highest BCUT2D eigenvalue weighted by molar-refractivity contribution is 6.35. The molecule has 0 N–H and O–H groups in total. The zero-order valence-electron chi connectivity index (χ0n) is 15.1. The molecule has 0 unspecified atom stereocenters. The van der Waals surface area contributed by atoms with Gasteiger partial charge in [0.2, 0.25) is 0 Å². The zero-order valence-corrected chi connectivity index (χ0v) is 15.8. The summed E-state index contributed by atoms with van der Waals surface area (Å²) in [5.74, 6) is 0.523. The Morgan fingerprint density at radius 3 is 2.89 bits per heavy atom. The van der Waals surface area contributed by atoms with Crippen LogP contribution < -0.4 is 9.64 Å². The highest BCUT2D eigenvalue weighted by Crippen LogP contribution is 2.30. The fraction of sp³-hybridized carbons (Fsp3) is 0.238. The lowest BCUT2D eigenvalue weighted by Gasteiger charge is -2.21. The SMILES string of the molecule is CN1CCN(C(=O)COc2ccc(Cl)c3cccnc23)Cc2ccccc21. The zero-order chi connectivity index (χ0) is 18.8. The summed E-state index contributed by atoms with van der Waals surface area (Å²) >= 11 is 6.22. The maximum Gasteiger partial charge on any atom is 0.260 e. The molecule has 5 nitrogen and oxygen atoms in total. The summed E-state index contributed by atoms with van der Waals surface area (Å²) in [6.07, 6.45) is 1.69. The van der Waals surface area contributed by atoms with E-state index in [2.05, 4.69) is 29.1 Å². The molecule has 2 heterocycles. The number of amides is 1. The molecule has 4 rings (SSSR count). The highest BCUT2D eigenvalue weighted by atomic mass is 35.5. The van der Waals surface area contributed by atoms with E-state index in [1.807, 2.05) is 29.2 Å². The van der Waals surface area contributed by atoms with E-state index in [1.54, 1.807) is 18.3 Å². The van der Waals surface area contributed by atoms with Gasteiger partial charge in [0.25, 0.3) is 5.91 Å². The molecule has 1 amide bonds. The van der Waals surface area contributed by atoms with Gasteiger partial charge in [0.1, 0.15) is 11.3 Å². The Kier molecular flexibility index (Phi) is 4.86. The van der Waals surface area contributed by atoms with E-state index in [0.29, 0.717) is 29.4 Å². The molecule has 0 bridgehead atoms. The summed E-state index contributed by atoms with van der Waals surface area (Å²) < 4.78 is 5.82. The molecule has 2 aromatic carbocycles. The number of anilines is 1. The Morgan fingerprint density at radius 2 is 2.00 bits per heavy atom. The van der Waals surface area contributed by atoms with Gasteiger partial charge in [-0.3, -0.25) is 9.78 Å². The van der Waals surface area contributed by atoms with E-state index in [1.165, 1.54) is 5.69 Å². The number of nitrogens with zero attached hydrogens (tertiary/aromatic N) is 3. The number of hydrogen-bond donors (Lipinski definition) is 0. The van der Waals surface area contributed by atoms with Gasteiger partial charge >= 0.3 is 0 Å². The fourth-order valence-corrected chi connectivity index (χ4v) is 3.58. The predicted molar refractivity (Wildman–Crippen MR) is 107 cm³/mol. The van der Waals surface area contributed by atoms with Crippen LogP contribution in [0.25, 0.3) is 10.9 Å². The van der Waals surface area contributed by atoms with Crippen molar-refractivity contribution in [2.45, 2.75) is 6.54 Å². The van der Waals surface area contributed by atoms with Gasteiger partial charge in [-0.25, -0.2) is 0 Å². The van der Waals surface area contributed by atoms with Gasteiger partial charge in [0.05, 0.1) is 5.02 Å². The topological polar surface area (TPSA) is 45.7 Å². The number of hydrogen-bond acceptors (Lipinski definition) is 4. The molecule has 0 spiro atoms. The Labute approximate surface area is 163 Å². The van der Waals surface area contributed by atoms with Crippen molar-refractivity contribution >= 4 is 34.1 Å². The largest absolute Gasteiger partial charge is 0.481 e. The van der Waals surface area contributed by atoms with Crippen LogP contribution in [0.15, 0.2) is 54.7 Å². The minimum absolute atomic E-state index is 0.0286. The number of rotatable bonds is 3. The third-order valence-corrected chi connectivity index (χ3v) is 5.18. The molecule has 0 radical (unpaired) electrons. The van der Waals surface area contributed by atoms with Crippen LogP contribution in [-0.4, -0.2) is 42.5 Å². The maximum atomic E-state index is 12.8. The van der Waals surface area contributed by atoms with Gasteiger partial charge in [-0.1, -0.05) is 29.8 Å². The number of ether oxygens (including phenoxy) is 1. The van der Waals surface area contributed by atoms with Gasteiger partial charge in [-0.05, 0) is 35.9 Å². The second-order valence-corrected chi connectivity index (χ2v) is 7.01. The first kappa shape index (κ1) is 17.6. The van der Waals surface area contributed by atoms with E-state index in [-0.39, 0.29) is 12.5 Å². The fourth-order valence-electron chi connectivity index (χ4n) is 3.36. The molecule has 1 aliphatic rings. The van der Waals surface area contributed by atoms with Crippen LogP contribution in [0.4, 0.5) is 5.69 Å². The lowest BCUT2D eigenvalue weighted by atomic mass is 10.1. The van der Waals surface area contributed by atoms with Gasteiger partial charge in [-0.2, -0.15) is 0 Å². The minimum Gasteiger partial charge on any atom is -0.481 e. The first-order valence-electron chi connectivity index (χ1n) is 8.86. The standard InChI is InChI=1S/C21H20ClN3O2/c1-24-11-12-25(13-15-5-2-3-7-18(15)24)20(26)14-27-19-9-8-17(22)16-6-4-10-23-21(16)19/h2-10H,11-14H2,1H3. The Morgan fingerprint density at radius 1 is 1.15 bits per heavy atom. The normalized spacial score (nSPS) is 14.0. The molecule has 0 atom stereocenters. The summed E-state index contributed by atoms with van der Waals surface area (Å²) in [4.78, 5) is 21.1. The van der Waals surface area contributed by atoms with Crippen LogP contribution in [0.1, 0.15) is 5.56 Å². The van der Waals surface area contributed by atoms with Gasteiger partial charge in [0.15, 0.2) is 6.61 Å². The molecule has 3 aromatic rings. The minimum atomic E-state index is -0.0425. The van der Waals surface area contributed by atoms with Crippen molar-refractivity contribution < 1.29 is 9.53 Å². The quantitative estimate of drug-likeness (QED) is 0.693. The molecule has 0 saturated heterocycles. The van der Waals surface area contributed by atoms with E-state index in [4.69, 9.17) is 16.3 Å². The molecule has 1 aromatic heterocycles. The van der Waals surface area contributed by atoms with Crippen molar-refractivity contribution in [1.82, 2.24) is 9.88 Å². The van der Waals surface area contributed by atoms with Crippen LogP contribution in [-0.2, 0) is 11.3 Å². The van der Waals surface area contributed by atoms with Crippen molar-refractivity contribution in [3.8, 4) is 5.75 Å². The van der Waals surface area contributed by atoms with Crippen LogP contribution in [0.5, 0.6) is 5.75 Å². The van der Waals surface area contributed by atoms with Crippen LogP contribution >= 0.6 is 11.6 Å². The second kappa shape index (κ2) is 7.45. The average molecular weight is 382 g/mol. The molecule has 0 aliphatic carbocycles. The molecule has 0 saturated carbocycles. The second-order valence-electron chi connectivity index (χ2n) is 6.60. The Balaban J connectivity index is 1.50. The average Bonchev–Trinajstić information content (AvgIpc) is 2.87.